The van der Waals surface area contributed by atoms with Crippen molar-refractivity contribution in [3.05, 3.63) is 60.3 Å². The highest BCUT2D eigenvalue weighted by Crippen LogP contribution is 2.44. The molecule has 100 valence electrons. The number of hydrogen-bond donors (Lipinski definition) is 2. The second kappa shape index (κ2) is 4.91. The Bertz CT molecular complexity index is 730. The van der Waals surface area contributed by atoms with Crippen molar-refractivity contribution >= 4 is 28.4 Å². The van der Waals surface area contributed by atoms with Crippen molar-refractivity contribution in [2.45, 2.75) is 23.8 Å². The summed E-state index contributed by atoms with van der Waals surface area (Å²) in [6, 6.07) is 17.3. The predicted molar refractivity (Wildman–Crippen MR) is 86.2 cm³/mol. The number of hydrogen-bond acceptors (Lipinski definition) is 2. The third kappa shape index (κ3) is 2.18. The van der Waals surface area contributed by atoms with Crippen LogP contribution in [0.25, 0.3) is 10.8 Å². The Morgan fingerprint density at radius 1 is 0.950 bits per heavy atom. The van der Waals surface area contributed by atoms with E-state index in [1.807, 2.05) is 12.3 Å². The fourth-order valence-corrected chi connectivity index (χ4v) is 3.32. The van der Waals surface area contributed by atoms with E-state index in [4.69, 9.17) is 0 Å². The van der Waals surface area contributed by atoms with Gasteiger partial charge >= 0.3 is 0 Å². The molecule has 0 bridgehead atoms. The van der Waals surface area contributed by atoms with Crippen LogP contribution in [0.4, 0.5) is 5.69 Å². The SMILES string of the molecule is c1c[nH]c(SNc2ccc(C3CC3)c3ccccc23)c1. The van der Waals surface area contributed by atoms with E-state index >= 15 is 0 Å². The molecule has 0 saturated heterocycles. The molecule has 1 aliphatic rings. The highest BCUT2D eigenvalue weighted by atomic mass is 32.2. The van der Waals surface area contributed by atoms with E-state index in [1.165, 1.54) is 34.9 Å². The summed E-state index contributed by atoms with van der Waals surface area (Å²) >= 11 is 1.62. The summed E-state index contributed by atoms with van der Waals surface area (Å²) in [6.45, 7) is 0. The summed E-state index contributed by atoms with van der Waals surface area (Å²) in [5.41, 5.74) is 2.70. The van der Waals surface area contributed by atoms with Gasteiger partial charge in [-0.2, -0.15) is 0 Å². The maximum Gasteiger partial charge on any atom is 0.0931 e. The number of H-pyrrole nitrogens is 1. The highest BCUT2D eigenvalue weighted by molar-refractivity contribution is 8.00. The van der Waals surface area contributed by atoms with E-state index in [0.717, 1.165) is 10.9 Å². The minimum Gasteiger partial charge on any atom is -0.355 e. The van der Waals surface area contributed by atoms with Crippen LogP contribution < -0.4 is 4.72 Å². The first kappa shape index (κ1) is 11.9. The molecular formula is C17H16N2S. The van der Waals surface area contributed by atoms with Gasteiger partial charge in [-0.3, -0.25) is 0 Å². The fourth-order valence-electron chi connectivity index (χ4n) is 2.65. The third-order valence-corrected chi connectivity index (χ3v) is 4.61. The predicted octanol–water partition coefficient (Wildman–Crippen LogP) is 5.16. The molecule has 20 heavy (non-hydrogen) atoms. The number of aromatic amines is 1. The summed E-state index contributed by atoms with van der Waals surface area (Å²) in [4.78, 5) is 3.20. The van der Waals surface area contributed by atoms with Gasteiger partial charge in [-0.15, -0.1) is 0 Å². The van der Waals surface area contributed by atoms with Gasteiger partial charge < -0.3 is 9.71 Å². The molecule has 0 atom stereocenters. The molecule has 1 heterocycles. The minimum absolute atomic E-state index is 0.782. The standard InChI is InChI=1S/C17H16N2S/c1-2-5-15-14(4-1)13(12-7-8-12)9-10-16(15)19-20-17-6-3-11-18-17/h1-6,9-12,18-19H,7-8H2. The Morgan fingerprint density at radius 2 is 1.80 bits per heavy atom. The number of aromatic nitrogens is 1. The van der Waals surface area contributed by atoms with Gasteiger partial charge in [0.2, 0.25) is 0 Å². The Kier molecular flexibility index (Phi) is 2.92. The van der Waals surface area contributed by atoms with Crippen molar-refractivity contribution in [1.29, 1.82) is 0 Å². The van der Waals surface area contributed by atoms with Crippen LogP contribution in [0.3, 0.4) is 0 Å². The molecule has 1 aromatic heterocycles. The van der Waals surface area contributed by atoms with Crippen LogP contribution in [0, 0.1) is 0 Å². The molecule has 1 fully saturated rings. The average Bonchev–Trinajstić information content (AvgIpc) is 3.20. The first-order valence-corrected chi connectivity index (χ1v) is 7.81. The summed E-state index contributed by atoms with van der Waals surface area (Å²) in [6.07, 6.45) is 4.63. The van der Waals surface area contributed by atoms with Gasteiger partial charge in [0.1, 0.15) is 0 Å². The van der Waals surface area contributed by atoms with E-state index in [9.17, 15) is 0 Å². The van der Waals surface area contributed by atoms with Crippen LogP contribution in [0.15, 0.2) is 59.8 Å². The zero-order valence-electron chi connectivity index (χ0n) is 11.1. The molecule has 0 spiro atoms. The number of nitrogens with one attached hydrogen (secondary N) is 2. The Hall–Kier alpha value is -1.87. The van der Waals surface area contributed by atoms with Crippen molar-refractivity contribution in [3.8, 4) is 0 Å². The van der Waals surface area contributed by atoms with Crippen molar-refractivity contribution in [1.82, 2.24) is 4.98 Å². The van der Waals surface area contributed by atoms with Gasteiger partial charge in [-0.1, -0.05) is 30.3 Å². The zero-order chi connectivity index (χ0) is 13.4. The number of anilines is 1. The van der Waals surface area contributed by atoms with Crippen molar-refractivity contribution in [3.63, 3.8) is 0 Å². The zero-order valence-corrected chi connectivity index (χ0v) is 11.9. The smallest absolute Gasteiger partial charge is 0.0931 e. The molecule has 0 amide bonds. The molecule has 1 saturated carbocycles. The third-order valence-electron chi connectivity index (χ3n) is 3.82. The summed E-state index contributed by atoms with van der Waals surface area (Å²) < 4.78 is 3.46. The van der Waals surface area contributed by atoms with E-state index < -0.39 is 0 Å². The fraction of sp³-hybridized carbons (Fsp3) is 0.176. The molecule has 0 unspecified atom stereocenters. The summed E-state index contributed by atoms with van der Waals surface area (Å²) in [5.74, 6) is 0.782. The quantitative estimate of drug-likeness (QED) is 0.646. The van der Waals surface area contributed by atoms with Crippen LogP contribution in [-0.4, -0.2) is 4.98 Å². The first-order valence-electron chi connectivity index (χ1n) is 7.00. The molecule has 0 radical (unpaired) electrons. The van der Waals surface area contributed by atoms with Gasteiger partial charge in [0.05, 0.1) is 10.7 Å². The van der Waals surface area contributed by atoms with Gasteiger partial charge in [0.25, 0.3) is 0 Å². The van der Waals surface area contributed by atoms with Gasteiger partial charge in [0, 0.05) is 23.5 Å². The van der Waals surface area contributed by atoms with Crippen LogP contribution >= 0.6 is 11.9 Å². The molecule has 2 aromatic carbocycles. The summed E-state index contributed by atoms with van der Waals surface area (Å²) in [7, 11) is 0. The molecule has 2 N–H and O–H groups in total. The van der Waals surface area contributed by atoms with Gasteiger partial charge in [-0.05, 0) is 47.9 Å². The molecule has 1 aliphatic carbocycles. The lowest BCUT2D eigenvalue weighted by atomic mass is 10.00. The second-order valence-electron chi connectivity index (χ2n) is 5.26. The number of rotatable bonds is 4. The minimum atomic E-state index is 0.782. The Morgan fingerprint density at radius 3 is 2.55 bits per heavy atom. The monoisotopic (exact) mass is 280 g/mol. The lowest BCUT2D eigenvalue weighted by Gasteiger charge is -2.11. The van der Waals surface area contributed by atoms with Crippen molar-refractivity contribution in [2.24, 2.45) is 0 Å². The van der Waals surface area contributed by atoms with Gasteiger partial charge in [0.15, 0.2) is 0 Å². The molecule has 3 aromatic rings. The maximum atomic E-state index is 3.46. The topological polar surface area (TPSA) is 27.8 Å². The normalized spacial score (nSPS) is 14.6. The Labute approximate surface area is 122 Å². The van der Waals surface area contributed by atoms with Crippen molar-refractivity contribution in [2.75, 3.05) is 4.72 Å². The van der Waals surface area contributed by atoms with Crippen LogP contribution in [0.2, 0.25) is 0 Å². The van der Waals surface area contributed by atoms with Gasteiger partial charge in [-0.25, -0.2) is 0 Å². The molecular weight excluding hydrogens is 264 g/mol. The van der Waals surface area contributed by atoms with Crippen LogP contribution in [0.5, 0.6) is 0 Å². The highest BCUT2D eigenvalue weighted by Gasteiger charge is 2.25. The first-order chi connectivity index (χ1) is 9.92. The Balaban J connectivity index is 1.70. The molecule has 3 heteroatoms. The van der Waals surface area contributed by atoms with E-state index in [2.05, 4.69) is 52.2 Å². The molecule has 0 aliphatic heterocycles. The molecule has 2 nitrogen and oxygen atoms in total. The number of fused-ring (bicyclic) bond motifs is 1. The van der Waals surface area contributed by atoms with E-state index in [-0.39, 0.29) is 0 Å². The van der Waals surface area contributed by atoms with Crippen LogP contribution in [-0.2, 0) is 0 Å². The summed E-state index contributed by atoms with van der Waals surface area (Å²) in [5, 5.41) is 3.84. The largest absolute Gasteiger partial charge is 0.355 e. The average molecular weight is 280 g/mol. The lowest BCUT2D eigenvalue weighted by Crippen LogP contribution is -1.91. The molecule has 4 rings (SSSR count). The lowest BCUT2D eigenvalue weighted by molar-refractivity contribution is 1.15. The van der Waals surface area contributed by atoms with Crippen molar-refractivity contribution < 1.29 is 0 Å². The van der Waals surface area contributed by atoms with Crippen LogP contribution in [0.1, 0.15) is 24.3 Å². The second-order valence-corrected chi connectivity index (χ2v) is 6.11. The van der Waals surface area contributed by atoms with E-state index in [1.54, 1.807) is 11.9 Å². The van der Waals surface area contributed by atoms with E-state index in [0.29, 0.717) is 0 Å². The number of benzene rings is 2. The maximum absolute atomic E-state index is 3.46.